The number of nitrogens with one attached hydrogen (secondary N) is 2. The van der Waals surface area contributed by atoms with E-state index >= 15 is 0 Å². The lowest BCUT2D eigenvalue weighted by atomic mass is 10.1. The molecule has 2 N–H and O–H groups in total. The zero-order valence-corrected chi connectivity index (χ0v) is 17.9. The molecule has 2 aromatic carbocycles. The van der Waals surface area contributed by atoms with Gasteiger partial charge in [0.1, 0.15) is 5.82 Å². The summed E-state index contributed by atoms with van der Waals surface area (Å²) in [5.41, 5.74) is 3.36. The van der Waals surface area contributed by atoms with Crippen LogP contribution in [0, 0.1) is 6.92 Å². The number of anilines is 1. The smallest absolute Gasteiger partial charge is 0.226 e. The van der Waals surface area contributed by atoms with Gasteiger partial charge < -0.3 is 5.32 Å². The fourth-order valence-corrected chi connectivity index (χ4v) is 4.76. The topological polar surface area (TPSA) is 101 Å². The van der Waals surface area contributed by atoms with E-state index in [0.717, 1.165) is 27.7 Å². The van der Waals surface area contributed by atoms with E-state index in [-0.39, 0.29) is 11.8 Å². The van der Waals surface area contributed by atoms with E-state index in [2.05, 4.69) is 25.1 Å². The van der Waals surface area contributed by atoms with Gasteiger partial charge in [0.2, 0.25) is 16.0 Å². The van der Waals surface area contributed by atoms with Crippen molar-refractivity contribution >= 4 is 32.5 Å². The fraction of sp³-hybridized carbons (Fsp3) is 0.286. The molecule has 2 aromatic heterocycles. The molecule has 156 valence electrons. The van der Waals surface area contributed by atoms with E-state index < -0.39 is 10.0 Å². The zero-order chi connectivity index (χ0) is 21.3. The molecule has 9 heteroatoms. The maximum atomic E-state index is 12.1. The summed E-state index contributed by atoms with van der Waals surface area (Å²) in [5.74, 6) is 1.25. The SMILES string of the molecule is Cc1nc2c3ccccc3nc(NCc3ccc(CS(=O)(=O)NC(C)C)cc3)n2n1. The quantitative estimate of drug-likeness (QED) is 0.473. The van der Waals surface area contributed by atoms with Gasteiger partial charge in [0.25, 0.3) is 0 Å². The number of benzene rings is 2. The minimum absolute atomic E-state index is 0.0377. The van der Waals surface area contributed by atoms with Crippen molar-refractivity contribution in [1.29, 1.82) is 0 Å². The van der Waals surface area contributed by atoms with E-state index in [4.69, 9.17) is 0 Å². The molecule has 2 heterocycles. The van der Waals surface area contributed by atoms with Gasteiger partial charge in [-0.3, -0.25) is 0 Å². The van der Waals surface area contributed by atoms with Crippen LogP contribution in [0.1, 0.15) is 30.8 Å². The first-order chi connectivity index (χ1) is 14.3. The van der Waals surface area contributed by atoms with Gasteiger partial charge in [-0.2, -0.15) is 4.52 Å². The number of hydrogen-bond acceptors (Lipinski definition) is 6. The number of fused-ring (bicyclic) bond motifs is 3. The second-order valence-electron chi connectivity index (χ2n) is 7.55. The van der Waals surface area contributed by atoms with Crippen LogP contribution in [-0.2, 0) is 22.3 Å². The first-order valence-electron chi connectivity index (χ1n) is 9.74. The molecule has 0 bridgehead atoms. The first kappa shape index (κ1) is 20.2. The van der Waals surface area contributed by atoms with Crippen molar-refractivity contribution in [1.82, 2.24) is 24.3 Å². The van der Waals surface area contributed by atoms with Gasteiger partial charge in [0.05, 0.1) is 11.3 Å². The van der Waals surface area contributed by atoms with Gasteiger partial charge in [-0.15, -0.1) is 5.10 Å². The third kappa shape index (κ3) is 4.42. The Morgan fingerprint density at radius 2 is 1.70 bits per heavy atom. The summed E-state index contributed by atoms with van der Waals surface area (Å²) in [7, 11) is -3.34. The van der Waals surface area contributed by atoms with Crippen LogP contribution < -0.4 is 10.0 Å². The average Bonchev–Trinajstić information content (AvgIpc) is 3.08. The Hall–Kier alpha value is -3.04. The first-order valence-corrected chi connectivity index (χ1v) is 11.4. The van der Waals surface area contributed by atoms with E-state index in [1.54, 1.807) is 18.4 Å². The number of nitrogens with zero attached hydrogens (tertiary/aromatic N) is 4. The van der Waals surface area contributed by atoms with Crippen LogP contribution in [0.4, 0.5) is 5.95 Å². The minimum atomic E-state index is -3.34. The molecular weight excluding hydrogens is 400 g/mol. The number of para-hydroxylation sites is 1. The van der Waals surface area contributed by atoms with Gasteiger partial charge in [-0.25, -0.2) is 23.1 Å². The highest BCUT2D eigenvalue weighted by Gasteiger charge is 2.14. The van der Waals surface area contributed by atoms with Gasteiger partial charge in [0.15, 0.2) is 5.65 Å². The molecule has 0 saturated carbocycles. The maximum Gasteiger partial charge on any atom is 0.226 e. The summed E-state index contributed by atoms with van der Waals surface area (Å²) in [5, 5.41) is 8.73. The summed E-state index contributed by atoms with van der Waals surface area (Å²) in [6.07, 6.45) is 0. The van der Waals surface area contributed by atoms with E-state index in [1.165, 1.54) is 0 Å². The van der Waals surface area contributed by atoms with Crippen molar-refractivity contribution in [3.05, 3.63) is 65.5 Å². The fourth-order valence-electron chi connectivity index (χ4n) is 3.33. The van der Waals surface area contributed by atoms with Crippen LogP contribution >= 0.6 is 0 Å². The van der Waals surface area contributed by atoms with Gasteiger partial charge in [-0.1, -0.05) is 36.4 Å². The molecule has 0 aliphatic carbocycles. The number of sulfonamides is 1. The summed E-state index contributed by atoms with van der Waals surface area (Å²) in [6.45, 7) is 5.99. The van der Waals surface area contributed by atoms with Gasteiger partial charge in [-0.05, 0) is 44.0 Å². The zero-order valence-electron chi connectivity index (χ0n) is 17.1. The lowest BCUT2D eigenvalue weighted by molar-refractivity contribution is 0.569. The second-order valence-corrected chi connectivity index (χ2v) is 9.30. The lowest BCUT2D eigenvalue weighted by Gasteiger charge is -2.11. The standard InChI is InChI=1S/C21H24N6O2S/c1-14(2)26-30(28,29)13-17-10-8-16(9-11-17)12-22-21-24-19-7-5-4-6-18(19)20-23-15(3)25-27(20)21/h4-11,14,26H,12-13H2,1-3H3,(H,22,24). The molecular formula is C21H24N6O2S. The van der Waals surface area contributed by atoms with Crippen molar-refractivity contribution in [2.24, 2.45) is 0 Å². The van der Waals surface area contributed by atoms with Crippen LogP contribution in [0.3, 0.4) is 0 Å². The van der Waals surface area contributed by atoms with Crippen molar-refractivity contribution in [3.63, 3.8) is 0 Å². The Morgan fingerprint density at radius 3 is 2.43 bits per heavy atom. The molecule has 0 aliphatic heterocycles. The van der Waals surface area contributed by atoms with Crippen molar-refractivity contribution in [3.8, 4) is 0 Å². The summed E-state index contributed by atoms with van der Waals surface area (Å²) in [4.78, 5) is 9.22. The van der Waals surface area contributed by atoms with E-state index in [1.807, 2.05) is 55.5 Å². The molecule has 0 atom stereocenters. The highest BCUT2D eigenvalue weighted by Crippen LogP contribution is 2.21. The largest absolute Gasteiger partial charge is 0.350 e. The van der Waals surface area contributed by atoms with Crippen LogP contribution in [0.2, 0.25) is 0 Å². The predicted molar refractivity (Wildman–Crippen MR) is 118 cm³/mol. The highest BCUT2D eigenvalue weighted by molar-refractivity contribution is 7.88. The number of aryl methyl sites for hydroxylation is 1. The maximum absolute atomic E-state index is 12.1. The molecule has 0 fully saturated rings. The predicted octanol–water partition coefficient (Wildman–Crippen LogP) is 3.03. The normalized spacial score (nSPS) is 12.1. The second kappa shape index (κ2) is 8.00. The average molecular weight is 425 g/mol. The Bertz CT molecular complexity index is 1300. The Balaban J connectivity index is 1.53. The molecule has 0 radical (unpaired) electrons. The minimum Gasteiger partial charge on any atom is -0.350 e. The molecule has 0 spiro atoms. The summed E-state index contributed by atoms with van der Waals surface area (Å²) >= 11 is 0. The third-order valence-corrected chi connectivity index (χ3v) is 6.07. The van der Waals surface area contributed by atoms with Crippen LogP contribution in [0.25, 0.3) is 16.6 Å². The number of hydrogen-bond donors (Lipinski definition) is 2. The molecule has 0 aliphatic rings. The molecule has 4 aromatic rings. The van der Waals surface area contributed by atoms with E-state index in [0.29, 0.717) is 18.3 Å². The van der Waals surface area contributed by atoms with Crippen molar-refractivity contribution in [2.75, 3.05) is 5.32 Å². The Morgan fingerprint density at radius 1 is 1.00 bits per heavy atom. The van der Waals surface area contributed by atoms with Crippen LogP contribution in [0.15, 0.2) is 48.5 Å². The summed E-state index contributed by atoms with van der Waals surface area (Å²) in [6, 6.07) is 15.2. The molecule has 8 nitrogen and oxygen atoms in total. The Kier molecular flexibility index (Phi) is 5.40. The van der Waals surface area contributed by atoms with Gasteiger partial charge in [0, 0.05) is 18.0 Å². The van der Waals surface area contributed by atoms with Crippen LogP contribution in [-0.4, -0.2) is 34.0 Å². The lowest BCUT2D eigenvalue weighted by Crippen LogP contribution is -2.31. The van der Waals surface area contributed by atoms with Gasteiger partial charge >= 0.3 is 0 Å². The number of aromatic nitrogens is 4. The van der Waals surface area contributed by atoms with Crippen molar-refractivity contribution in [2.45, 2.75) is 39.1 Å². The molecule has 0 unspecified atom stereocenters. The molecule has 4 rings (SSSR count). The Labute approximate surface area is 175 Å². The molecule has 0 saturated heterocycles. The molecule has 0 amide bonds. The monoisotopic (exact) mass is 424 g/mol. The molecule has 30 heavy (non-hydrogen) atoms. The summed E-state index contributed by atoms with van der Waals surface area (Å²) < 4.78 is 28.5. The number of rotatable bonds is 7. The van der Waals surface area contributed by atoms with Crippen LogP contribution in [0.5, 0.6) is 0 Å². The third-order valence-electron chi connectivity index (χ3n) is 4.53. The highest BCUT2D eigenvalue weighted by atomic mass is 32.2. The van der Waals surface area contributed by atoms with E-state index in [9.17, 15) is 8.42 Å². The van der Waals surface area contributed by atoms with Crippen molar-refractivity contribution < 1.29 is 8.42 Å².